The molecule has 0 saturated heterocycles. The average Bonchev–Trinajstić information content (AvgIpc) is 3.06. The van der Waals surface area contributed by atoms with Gasteiger partial charge < -0.3 is 4.98 Å². The first-order valence-corrected chi connectivity index (χ1v) is 8.19. The third-order valence-electron chi connectivity index (χ3n) is 3.62. The summed E-state index contributed by atoms with van der Waals surface area (Å²) in [6.45, 7) is 1.68. The maximum atomic E-state index is 13.5. The molecule has 1 N–H and O–H groups in total. The minimum Gasteiger partial charge on any atom is -0.311 e. The Bertz CT molecular complexity index is 1190. The van der Waals surface area contributed by atoms with Gasteiger partial charge in [-0.3, -0.25) is 9.36 Å². The van der Waals surface area contributed by atoms with Crippen LogP contribution in [0.25, 0.3) is 27.1 Å². The SMILES string of the molecule is Cc1ccc2nc(C(F)(F)F)n(-c3cc(Cl)c4[nH]c(=O)sc4c3)c2n1. The van der Waals surface area contributed by atoms with Crippen LogP contribution in [0.1, 0.15) is 11.5 Å². The summed E-state index contributed by atoms with van der Waals surface area (Å²) in [4.78, 5) is 21.6. The molecule has 10 heteroatoms. The van der Waals surface area contributed by atoms with E-state index in [1.807, 2.05) is 0 Å². The topological polar surface area (TPSA) is 63.6 Å². The zero-order chi connectivity index (χ0) is 17.9. The molecule has 0 amide bonds. The Labute approximate surface area is 146 Å². The number of hydrogen-bond donors (Lipinski definition) is 1. The molecular formula is C15H8ClF3N4OS. The van der Waals surface area contributed by atoms with Crippen LogP contribution in [0.2, 0.25) is 5.02 Å². The van der Waals surface area contributed by atoms with Gasteiger partial charge in [0, 0.05) is 5.69 Å². The molecule has 0 aliphatic rings. The molecular weight excluding hydrogens is 377 g/mol. The lowest BCUT2D eigenvalue weighted by atomic mass is 10.3. The number of halogens is 4. The number of imidazole rings is 1. The quantitative estimate of drug-likeness (QED) is 0.532. The molecule has 3 heterocycles. The van der Waals surface area contributed by atoms with Crippen molar-refractivity contribution in [1.29, 1.82) is 0 Å². The van der Waals surface area contributed by atoms with E-state index in [-0.39, 0.29) is 26.7 Å². The average molecular weight is 385 g/mol. The number of aryl methyl sites for hydroxylation is 1. The lowest BCUT2D eigenvalue weighted by Crippen LogP contribution is -2.14. The van der Waals surface area contributed by atoms with Gasteiger partial charge in [-0.15, -0.1) is 0 Å². The van der Waals surface area contributed by atoms with Gasteiger partial charge in [-0.1, -0.05) is 22.9 Å². The summed E-state index contributed by atoms with van der Waals surface area (Å²) in [7, 11) is 0. The van der Waals surface area contributed by atoms with Crippen LogP contribution in [0, 0.1) is 6.92 Å². The maximum absolute atomic E-state index is 13.5. The number of thiazole rings is 1. The fourth-order valence-electron chi connectivity index (χ4n) is 2.61. The number of alkyl halides is 3. The maximum Gasteiger partial charge on any atom is 0.450 e. The second-order valence-electron chi connectivity index (χ2n) is 5.38. The van der Waals surface area contributed by atoms with E-state index in [2.05, 4.69) is 15.0 Å². The summed E-state index contributed by atoms with van der Waals surface area (Å²) >= 11 is 7.01. The molecule has 0 aliphatic heterocycles. The van der Waals surface area contributed by atoms with Gasteiger partial charge in [0.1, 0.15) is 5.52 Å². The first-order chi connectivity index (χ1) is 11.7. The van der Waals surface area contributed by atoms with E-state index >= 15 is 0 Å². The largest absolute Gasteiger partial charge is 0.450 e. The van der Waals surface area contributed by atoms with Gasteiger partial charge in [0.05, 0.1) is 20.9 Å². The van der Waals surface area contributed by atoms with Crippen LogP contribution in [0.3, 0.4) is 0 Å². The Morgan fingerprint density at radius 1 is 1.24 bits per heavy atom. The fraction of sp³-hybridized carbons (Fsp3) is 0.133. The number of H-pyrrole nitrogens is 1. The van der Waals surface area contributed by atoms with E-state index < -0.39 is 12.0 Å². The molecule has 0 bridgehead atoms. The molecule has 3 aromatic heterocycles. The molecule has 0 spiro atoms. The van der Waals surface area contributed by atoms with Crippen LogP contribution in [0.15, 0.2) is 29.1 Å². The summed E-state index contributed by atoms with van der Waals surface area (Å²) in [5.41, 5.74) is 1.28. The van der Waals surface area contributed by atoms with Gasteiger partial charge in [-0.05, 0) is 31.2 Å². The Kier molecular flexibility index (Phi) is 3.41. The second kappa shape index (κ2) is 5.30. The molecule has 0 fully saturated rings. The third kappa shape index (κ3) is 2.59. The lowest BCUT2D eigenvalue weighted by Gasteiger charge is -2.11. The lowest BCUT2D eigenvalue weighted by molar-refractivity contribution is -0.145. The Morgan fingerprint density at radius 2 is 2.00 bits per heavy atom. The van der Waals surface area contributed by atoms with E-state index in [1.165, 1.54) is 18.2 Å². The van der Waals surface area contributed by atoms with Gasteiger partial charge in [-0.25, -0.2) is 9.97 Å². The molecule has 128 valence electrons. The van der Waals surface area contributed by atoms with Crippen molar-refractivity contribution in [2.24, 2.45) is 0 Å². The number of pyridine rings is 1. The smallest absolute Gasteiger partial charge is 0.311 e. The molecule has 0 unspecified atom stereocenters. The zero-order valence-corrected chi connectivity index (χ0v) is 14.1. The Hall–Kier alpha value is -2.39. The highest BCUT2D eigenvalue weighted by molar-refractivity contribution is 7.16. The highest BCUT2D eigenvalue weighted by Crippen LogP contribution is 2.35. The molecule has 25 heavy (non-hydrogen) atoms. The van der Waals surface area contributed by atoms with Crippen molar-refractivity contribution in [2.45, 2.75) is 13.1 Å². The van der Waals surface area contributed by atoms with Gasteiger partial charge in [0.15, 0.2) is 5.65 Å². The summed E-state index contributed by atoms with van der Waals surface area (Å²) in [5, 5.41) is 0.147. The van der Waals surface area contributed by atoms with E-state index in [1.54, 1.807) is 13.0 Å². The summed E-state index contributed by atoms with van der Waals surface area (Å²) in [6, 6.07) is 5.89. The number of aromatic nitrogens is 4. The monoisotopic (exact) mass is 384 g/mol. The minimum absolute atomic E-state index is 0.0747. The predicted octanol–water partition coefficient (Wildman–Crippen LogP) is 4.30. The number of rotatable bonds is 1. The molecule has 0 atom stereocenters. The number of hydrogen-bond acceptors (Lipinski definition) is 4. The van der Waals surface area contributed by atoms with Gasteiger partial charge in [0.25, 0.3) is 0 Å². The molecule has 0 radical (unpaired) electrons. The van der Waals surface area contributed by atoms with Crippen molar-refractivity contribution in [3.05, 3.63) is 50.5 Å². The molecule has 4 rings (SSSR count). The van der Waals surface area contributed by atoms with Crippen LogP contribution in [-0.2, 0) is 6.18 Å². The van der Waals surface area contributed by atoms with Crippen molar-refractivity contribution < 1.29 is 13.2 Å². The van der Waals surface area contributed by atoms with Crippen molar-refractivity contribution >= 4 is 44.3 Å². The fourth-order valence-corrected chi connectivity index (χ4v) is 3.73. The van der Waals surface area contributed by atoms with Gasteiger partial charge in [-0.2, -0.15) is 13.2 Å². The Morgan fingerprint density at radius 3 is 2.72 bits per heavy atom. The van der Waals surface area contributed by atoms with E-state index in [0.29, 0.717) is 15.9 Å². The normalized spacial score (nSPS) is 12.4. The Balaban J connectivity index is 2.12. The number of fused-ring (bicyclic) bond motifs is 2. The number of nitrogens with zero attached hydrogens (tertiary/aromatic N) is 3. The molecule has 5 nitrogen and oxygen atoms in total. The molecule has 0 aliphatic carbocycles. The van der Waals surface area contributed by atoms with Crippen LogP contribution in [0.5, 0.6) is 0 Å². The van der Waals surface area contributed by atoms with Crippen LogP contribution >= 0.6 is 22.9 Å². The van der Waals surface area contributed by atoms with Crippen molar-refractivity contribution in [2.75, 3.05) is 0 Å². The standard InChI is InChI=1S/C15H8ClF3N4OS/c1-6-2-3-9-12(20-6)23(13(21-9)15(17,18)19)7-4-8(16)11-10(5-7)25-14(24)22-11/h2-5H,1H3,(H,22,24). The summed E-state index contributed by atoms with van der Waals surface area (Å²) < 4.78 is 41.8. The second-order valence-corrected chi connectivity index (χ2v) is 6.80. The van der Waals surface area contributed by atoms with Gasteiger partial charge in [0.2, 0.25) is 5.82 Å². The van der Waals surface area contributed by atoms with E-state index in [9.17, 15) is 18.0 Å². The predicted molar refractivity (Wildman–Crippen MR) is 89.6 cm³/mol. The van der Waals surface area contributed by atoms with Crippen LogP contribution in [0.4, 0.5) is 13.2 Å². The highest BCUT2D eigenvalue weighted by atomic mass is 35.5. The van der Waals surface area contributed by atoms with E-state index in [4.69, 9.17) is 11.6 Å². The van der Waals surface area contributed by atoms with Crippen molar-refractivity contribution in [1.82, 2.24) is 19.5 Å². The van der Waals surface area contributed by atoms with Crippen molar-refractivity contribution in [3.8, 4) is 5.69 Å². The summed E-state index contributed by atoms with van der Waals surface area (Å²) in [5.74, 6) is -1.10. The third-order valence-corrected chi connectivity index (χ3v) is 4.75. The van der Waals surface area contributed by atoms with Crippen LogP contribution < -0.4 is 4.87 Å². The highest BCUT2D eigenvalue weighted by Gasteiger charge is 2.38. The van der Waals surface area contributed by atoms with Crippen molar-refractivity contribution in [3.63, 3.8) is 0 Å². The zero-order valence-electron chi connectivity index (χ0n) is 12.5. The number of nitrogens with one attached hydrogen (secondary N) is 1. The molecule has 0 saturated carbocycles. The molecule has 4 aromatic rings. The minimum atomic E-state index is -4.68. The molecule has 1 aromatic carbocycles. The first kappa shape index (κ1) is 16.1. The van der Waals surface area contributed by atoms with Crippen LogP contribution in [-0.4, -0.2) is 19.5 Å². The number of benzene rings is 1. The van der Waals surface area contributed by atoms with E-state index in [0.717, 1.165) is 15.9 Å². The van der Waals surface area contributed by atoms with Gasteiger partial charge >= 0.3 is 11.0 Å². The summed E-state index contributed by atoms with van der Waals surface area (Å²) in [6.07, 6.45) is -4.68. The number of aromatic amines is 1. The first-order valence-electron chi connectivity index (χ1n) is 7.00.